The molecule has 0 saturated heterocycles. The highest BCUT2D eigenvalue weighted by Gasteiger charge is 2.19. The highest BCUT2D eigenvalue weighted by atomic mass is 16.5. The van der Waals surface area contributed by atoms with Gasteiger partial charge in [-0.25, -0.2) is 4.79 Å². The molecule has 0 fully saturated rings. The maximum absolute atomic E-state index is 12.2. The van der Waals surface area contributed by atoms with Crippen LogP contribution in [-0.4, -0.2) is 54.7 Å². The third kappa shape index (κ3) is 4.98. The van der Waals surface area contributed by atoms with E-state index in [0.29, 0.717) is 6.54 Å². The smallest absolute Gasteiger partial charge is 0.319 e. The lowest BCUT2D eigenvalue weighted by Gasteiger charge is -2.26. The Kier molecular flexibility index (Phi) is 6.02. The summed E-state index contributed by atoms with van der Waals surface area (Å²) in [4.78, 5) is 25.9. The van der Waals surface area contributed by atoms with Crippen LogP contribution >= 0.6 is 0 Å². The average molecular weight is 294 g/mol. The Morgan fingerprint density at radius 3 is 2.24 bits per heavy atom. The van der Waals surface area contributed by atoms with Crippen LogP contribution in [0.1, 0.15) is 12.5 Å². The molecule has 0 heterocycles. The van der Waals surface area contributed by atoms with E-state index >= 15 is 0 Å². The van der Waals surface area contributed by atoms with Crippen LogP contribution in [0.3, 0.4) is 0 Å². The molecule has 0 saturated carbocycles. The average Bonchev–Trinajstić information content (AvgIpc) is 2.46. The Bertz CT molecular complexity index is 487. The predicted molar refractivity (Wildman–Crippen MR) is 79.3 cm³/mol. The summed E-state index contributed by atoms with van der Waals surface area (Å²) in [6, 6.07) is 7.25. The van der Waals surface area contributed by atoms with Crippen LogP contribution in [0.4, 0.5) is 4.79 Å². The van der Waals surface area contributed by atoms with Gasteiger partial charge in [0, 0.05) is 27.2 Å². The molecule has 1 aromatic rings. The van der Waals surface area contributed by atoms with Gasteiger partial charge in [0.2, 0.25) is 0 Å². The first-order valence-electron chi connectivity index (χ1n) is 6.67. The van der Waals surface area contributed by atoms with Gasteiger partial charge < -0.3 is 19.6 Å². The van der Waals surface area contributed by atoms with Crippen LogP contribution in [0, 0.1) is 5.92 Å². The summed E-state index contributed by atoms with van der Waals surface area (Å²) in [5.74, 6) is -0.735. The van der Waals surface area contributed by atoms with Gasteiger partial charge in [-0.1, -0.05) is 19.1 Å². The number of carbonyl (C=O) groups is 2. The number of hydrogen-bond acceptors (Lipinski definition) is 3. The Labute approximate surface area is 124 Å². The molecule has 6 heteroatoms. The zero-order valence-corrected chi connectivity index (χ0v) is 12.9. The summed E-state index contributed by atoms with van der Waals surface area (Å²) in [7, 11) is 4.89. The van der Waals surface area contributed by atoms with E-state index in [4.69, 9.17) is 9.84 Å². The molecule has 1 unspecified atom stereocenters. The summed E-state index contributed by atoms with van der Waals surface area (Å²) in [6.45, 7) is 2.21. The van der Waals surface area contributed by atoms with Crippen LogP contribution in [0.25, 0.3) is 0 Å². The molecule has 116 valence electrons. The van der Waals surface area contributed by atoms with Crippen molar-refractivity contribution in [3.05, 3.63) is 29.8 Å². The lowest BCUT2D eigenvalue weighted by molar-refractivity contribution is -0.141. The lowest BCUT2D eigenvalue weighted by atomic mass is 10.2. The zero-order valence-electron chi connectivity index (χ0n) is 12.9. The third-order valence-corrected chi connectivity index (χ3v) is 3.20. The fraction of sp³-hybridized carbons (Fsp3) is 0.467. The summed E-state index contributed by atoms with van der Waals surface area (Å²) in [6.07, 6.45) is 0. The summed E-state index contributed by atoms with van der Waals surface area (Å²) >= 11 is 0. The highest BCUT2D eigenvalue weighted by Crippen LogP contribution is 2.13. The number of hydrogen-bond donors (Lipinski definition) is 1. The van der Waals surface area contributed by atoms with Gasteiger partial charge in [0.05, 0.1) is 13.0 Å². The number of carboxylic acid groups (broad SMARTS) is 1. The number of benzene rings is 1. The van der Waals surface area contributed by atoms with Gasteiger partial charge in [0.1, 0.15) is 5.75 Å². The van der Waals surface area contributed by atoms with E-state index in [1.165, 1.54) is 4.90 Å². The number of urea groups is 1. The number of carboxylic acids is 1. The van der Waals surface area contributed by atoms with Gasteiger partial charge in [-0.3, -0.25) is 4.79 Å². The molecule has 0 aliphatic carbocycles. The van der Waals surface area contributed by atoms with Crippen molar-refractivity contribution in [2.45, 2.75) is 13.5 Å². The molecule has 0 radical (unpaired) electrons. The summed E-state index contributed by atoms with van der Waals surface area (Å²) < 4.78 is 5.08. The van der Waals surface area contributed by atoms with E-state index in [1.807, 2.05) is 24.3 Å². The van der Waals surface area contributed by atoms with Crippen LogP contribution in [-0.2, 0) is 11.3 Å². The number of ether oxygens (including phenoxy) is 1. The third-order valence-electron chi connectivity index (χ3n) is 3.20. The lowest BCUT2D eigenvalue weighted by Crippen LogP contribution is -2.41. The van der Waals surface area contributed by atoms with Crippen molar-refractivity contribution >= 4 is 12.0 Å². The van der Waals surface area contributed by atoms with Crippen molar-refractivity contribution < 1.29 is 19.4 Å². The second-order valence-corrected chi connectivity index (χ2v) is 5.11. The molecular formula is C15H22N2O4. The quantitative estimate of drug-likeness (QED) is 0.870. The Morgan fingerprint density at radius 1 is 1.19 bits per heavy atom. The molecule has 1 atom stereocenters. The molecule has 0 spiro atoms. The van der Waals surface area contributed by atoms with Gasteiger partial charge in [0.15, 0.2) is 0 Å². The molecule has 1 aromatic carbocycles. The van der Waals surface area contributed by atoms with Gasteiger partial charge in [-0.15, -0.1) is 0 Å². The Hall–Kier alpha value is -2.24. The minimum atomic E-state index is -0.910. The predicted octanol–water partition coefficient (Wildman–Crippen LogP) is 1.90. The maximum atomic E-state index is 12.2. The van der Waals surface area contributed by atoms with E-state index < -0.39 is 11.9 Å². The Balaban J connectivity index is 2.58. The van der Waals surface area contributed by atoms with Crippen molar-refractivity contribution in [2.24, 2.45) is 5.92 Å². The molecule has 21 heavy (non-hydrogen) atoms. The van der Waals surface area contributed by atoms with Crippen molar-refractivity contribution in [3.8, 4) is 5.75 Å². The summed E-state index contributed by atoms with van der Waals surface area (Å²) in [5.41, 5.74) is 0.978. The number of aliphatic carboxylic acids is 1. The van der Waals surface area contributed by atoms with Gasteiger partial charge >= 0.3 is 12.0 Å². The monoisotopic (exact) mass is 294 g/mol. The SMILES string of the molecule is COc1ccc(CN(C)C(=O)N(C)CC(C)C(=O)O)cc1. The fourth-order valence-electron chi connectivity index (χ4n) is 1.93. The van der Waals surface area contributed by atoms with Gasteiger partial charge in [0.25, 0.3) is 0 Å². The van der Waals surface area contributed by atoms with E-state index in [0.717, 1.165) is 11.3 Å². The van der Waals surface area contributed by atoms with Crippen LogP contribution < -0.4 is 4.74 Å². The molecule has 2 amide bonds. The number of rotatable bonds is 6. The number of carbonyl (C=O) groups excluding carboxylic acids is 1. The Morgan fingerprint density at radius 2 is 1.76 bits per heavy atom. The van der Waals surface area contributed by atoms with Crippen molar-refractivity contribution in [1.29, 1.82) is 0 Å². The molecule has 0 aliphatic heterocycles. The first-order valence-corrected chi connectivity index (χ1v) is 6.67. The highest BCUT2D eigenvalue weighted by molar-refractivity contribution is 5.75. The second kappa shape index (κ2) is 7.52. The normalized spacial score (nSPS) is 11.6. The first-order chi connectivity index (χ1) is 9.85. The van der Waals surface area contributed by atoms with E-state index in [-0.39, 0.29) is 12.6 Å². The fourth-order valence-corrected chi connectivity index (χ4v) is 1.93. The standard InChI is InChI=1S/C15H22N2O4/c1-11(14(18)19)9-16(2)15(20)17(3)10-12-5-7-13(21-4)8-6-12/h5-8,11H,9-10H2,1-4H3,(H,18,19). The molecule has 1 N–H and O–H groups in total. The molecule has 6 nitrogen and oxygen atoms in total. The minimum absolute atomic E-state index is 0.182. The van der Waals surface area contributed by atoms with E-state index in [9.17, 15) is 9.59 Å². The summed E-state index contributed by atoms with van der Waals surface area (Å²) in [5, 5.41) is 8.87. The minimum Gasteiger partial charge on any atom is -0.497 e. The van der Waals surface area contributed by atoms with E-state index in [2.05, 4.69) is 0 Å². The first kappa shape index (κ1) is 16.8. The van der Waals surface area contributed by atoms with Crippen LogP contribution in [0.5, 0.6) is 5.75 Å². The van der Waals surface area contributed by atoms with Crippen molar-refractivity contribution in [3.63, 3.8) is 0 Å². The van der Waals surface area contributed by atoms with Crippen molar-refractivity contribution in [1.82, 2.24) is 9.80 Å². The van der Waals surface area contributed by atoms with Crippen LogP contribution in [0.15, 0.2) is 24.3 Å². The molecule has 0 aromatic heterocycles. The van der Waals surface area contributed by atoms with Crippen molar-refractivity contribution in [2.75, 3.05) is 27.7 Å². The zero-order chi connectivity index (χ0) is 16.0. The van der Waals surface area contributed by atoms with Crippen LogP contribution in [0.2, 0.25) is 0 Å². The van der Waals surface area contributed by atoms with Gasteiger partial charge in [-0.2, -0.15) is 0 Å². The molecule has 0 bridgehead atoms. The number of nitrogens with zero attached hydrogens (tertiary/aromatic N) is 2. The molecule has 1 rings (SSSR count). The largest absolute Gasteiger partial charge is 0.497 e. The number of methoxy groups -OCH3 is 1. The van der Waals surface area contributed by atoms with Gasteiger partial charge in [-0.05, 0) is 17.7 Å². The number of amides is 2. The molecule has 0 aliphatic rings. The maximum Gasteiger partial charge on any atom is 0.319 e. The second-order valence-electron chi connectivity index (χ2n) is 5.11. The molecular weight excluding hydrogens is 272 g/mol. The topological polar surface area (TPSA) is 70.1 Å². The van der Waals surface area contributed by atoms with E-state index in [1.54, 1.807) is 33.0 Å².